The van der Waals surface area contributed by atoms with Crippen LogP contribution in [-0.4, -0.2) is 18.2 Å². The van der Waals surface area contributed by atoms with Crippen molar-refractivity contribution < 1.29 is 28.3 Å². The van der Waals surface area contributed by atoms with Gasteiger partial charge in [0.2, 0.25) is 17.3 Å². The molecule has 18 heavy (non-hydrogen) atoms. The molecule has 0 saturated heterocycles. The van der Waals surface area contributed by atoms with E-state index in [4.69, 9.17) is 13.9 Å². The molecule has 0 saturated carbocycles. The second-order valence-electron chi connectivity index (χ2n) is 3.98. The zero-order valence-electron chi connectivity index (χ0n) is 10.0. The predicted molar refractivity (Wildman–Crippen MR) is 58.4 cm³/mol. The molecule has 0 atom stereocenters. The summed E-state index contributed by atoms with van der Waals surface area (Å²) in [7, 11) is 0. The first kappa shape index (κ1) is 12.3. The fourth-order valence-electron chi connectivity index (χ4n) is 1.90. The minimum absolute atomic E-state index is 0.0424. The topological polar surface area (TPSA) is 82.8 Å². The number of carbonyl (C=O) groups is 3. The smallest absolute Gasteiger partial charge is 0.329 e. The Morgan fingerprint density at radius 1 is 1.17 bits per heavy atom. The van der Waals surface area contributed by atoms with Gasteiger partial charge in [-0.05, 0) is 12.8 Å². The molecular formula is C12H12O6. The van der Waals surface area contributed by atoms with E-state index >= 15 is 0 Å². The fraction of sp³-hybridized carbons (Fsp3) is 0.417. The molecule has 6 nitrogen and oxygen atoms in total. The maximum absolute atomic E-state index is 12.1. The molecule has 0 radical (unpaired) electrons. The van der Waals surface area contributed by atoms with Crippen LogP contribution in [0.2, 0.25) is 0 Å². The average Bonchev–Trinajstić information content (AvgIpc) is 2.69. The summed E-state index contributed by atoms with van der Waals surface area (Å²) in [5.41, 5.74) is -1.33. The second-order valence-corrected chi connectivity index (χ2v) is 3.98. The molecule has 1 aromatic heterocycles. The van der Waals surface area contributed by atoms with Gasteiger partial charge in [0, 0.05) is 0 Å². The van der Waals surface area contributed by atoms with E-state index in [1.54, 1.807) is 13.8 Å². The van der Waals surface area contributed by atoms with E-state index in [1.165, 1.54) is 0 Å². The van der Waals surface area contributed by atoms with Crippen LogP contribution >= 0.6 is 0 Å². The van der Waals surface area contributed by atoms with Gasteiger partial charge in [0.1, 0.15) is 6.26 Å². The number of rotatable bonds is 3. The van der Waals surface area contributed by atoms with E-state index in [-0.39, 0.29) is 30.1 Å². The van der Waals surface area contributed by atoms with Gasteiger partial charge >= 0.3 is 11.9 Å². The first-order valence-corrected chi connectivity index (χ1v) is 5.60. The van der Waals surface area contributed by atoms with Gasteiger partial charge in [-0.1, -0.05) is 13.8 Å². The van der Waals surface area contributed by atoms with Crippen LogP contribution in [0.25, 0.3) is 0 Å². The van der Waals surface area contributed by atoms with Gasteiger partial charge in [-0.3, -0.25) is 14.4 Å². The third-order valence-electron chi connectivity index (χ3n) is 3.23. The Bertz CT molecular complexity index is 509. The molecule has 1 aliphatic heterocycles. The highest BCUT2D eigenvalue weighted by Crippen LogP contribution is 2.41. The van der Waals surface area contributed by atoms with Crippen molar-refractivity contribution in [2.24, 2.45) is 5.41 Å². The molecular weight excluding hydrogens is 240 g/mol. The molecule has 2 heterocycles. The van der Waals surface area contributed by atoms with Crippen molar-refractivity contribution in [3.63, 3.8) is 0 Å². The standard InChI is InChI=1S/C12H12O6/c1-3-12(4-2)10(14)17-8-6-16-7(5-13)9(8)18-11(12)15/h5-6H,3-4H2,1-2H3. The average molecular weight is 252 g/mol. The summed E-state index contributed by atoms with van der Waals surface area (Å²) in [6, 6.07) is 0. The van der Waals surface area contributed by atoms with Gasteiger partial charge in [-0.15, -0.1) is 0 Å². The number of aldehydes is 1. The van der Waals surface area contributed by atoms with E-state index in [0.29, 0.717) is 6.29 Å². The van der Waals surface area contributed by atoms with Crippen molar-refractivity contribution in [2.45, 2.75) is 26.7 Å². The van der Waals surface area contributed by atoms with E-state index in [9.17, 15) is 14.4 Å². The first-order chi connectivity index (χ1) is 8.58. The highest BCUT2D eigenvalue weighted by atomic mass is 16.6. The molecule has 96 valence electrons. The Morgan fingerprint density at radius 3 is 2.33 bits per heavy atom. The van der Waals surface area contributed by atoms with Crippen molar-refractivity contribution >= 4 is 18.2 Å². The van der Waals surface area contributed by atoms with E-state index in [0.717, 1.165) is 6.26 Å². The zero-order valence-corrected chi connectivity index (χ0v) is 10.0. The number of carbonyl (C=O) groups excluding carboxylic acids is 3. The van der Waals surface area contributed by atoms with Crippen LogP contribution in [-0.2, 0) is 9.59 Å². The number of hydrogen-bond acceptors (Lipinski definition) is 6. The molecule has 0 amide bonds. The SMILES string of the molecule is CCC1(CC)C(=O)Oc2coc(C=O)c2OC1=O. The number of fused-ring (bicyclic) bond motifs is 1. The van der Waals surface area contributed by atoms with Gasteiger partial charge in [-0.2, -0.15) is 0 Å². The van der Waals surface area contributed by atoms with E-state index in [2.05, 4.69) is 0 Å². The molecule has 0 aromatic carbocycles. The van der Waals surface area contributed by atoms with Crippen LogP contribution in [0.5, 0.6) is 11.5 Å². The lowest BCUT2D eigenvalue weighted by atomic mass is 9.82. The highest BCUT2D eigenvalue weighted by molar-refractivity contribution is 6.03. The molecule has 6 heteroatoms. The Morgan fingerprint density at radius 2 is 1.78 bits per heavy atom. The third-order valence-corrected chi connectivity index (χ3v) is 3.23. The molecule has 0 fully saturated rings. The Kier molecular flexibility index (Phi) is 2.94. The summed E-state index contributed by atoms with van der Waals surface area (Å²) in [4.78, 5) is 34.8. The van der Waals surface area contributed by atoms with Crippen molar-refractivity contribution in [2.75, 3.05) is 0 Å². The van der Waals surface area contributed by atoms with Crippen molar-refractivity contribution in [1.29, 1.82) is 0 Å². The van der Waals surface area contributed by atoms with Gasteiger partial charge in [-0.25, -0.2) is 0 Å². The fourth-order valence-corrected chi connectivity index (χ4v) is 1.90. The van der Waals surface area contributed by atoms with Crippen LogP contribution in [0.15, 0.2) is 10.7 Å². The van der Waals surface area contributed by atoms with Gasteiger partial charge < -0.3 is 13.9 Å². The van der Waals surface area contributed by atoms with Gasteiger partial charge in [0.05, 0.1) is 0 Å². The first-order valence-electron chi connectivity index (χ1n) is 5.60. The van der Waals surface area contributed by atoms with Crippen LogP contribution in [0.4, 0.5) is 0 Å². The summed E-state index contributed by atoms with van der Waals surface area (Å²) >= 11 is 0. The lowest BCUT2D eigenvalue weighted by molar-refractivity contribution is -0.159. The van der Waals surface area contributed by atoms with Crippen molar-refractivity contribution in [3.05, 3.63) is 12.0 Å². The Hall–Kier alpha value is -2.11. The normalized spacial score (nSPS) is 17.4. The number of esters is 2. The molecule has 0 spiro atoms. The number of furan rings is 1. The molecule has 1 aliphatic rings. The monoisotopic (exact) mass is 252 g/mol. The number of ether oxygens (including phenoxy) is 2. The van der Waals surface area contributed by atoms with Gasteiger partial charge in [0.25, 0.3) is 0 Å². The van der Waals surface area contributed by atoms with Crippen molar-refractivity contribution in [1.82, 2.24) is 0 Å². The summed E-state index contributed by atoms with van der Waals surface area (Å²) in [6.45, 7) is 3.40. The van der Waals surface area contributed by atoms with Crippen LogP contribution < -0.4 is 9.47 Å². The molecule has 0 bridgehead atoms. The molecule has 0 aliphatic carbocycles. The summed E-state index contributed by atoms with van der Waals surface area (Å²) in [6.07, 6.45) is 1.99. The van der Waals surface area contributed by atoms with Crippen LogP contribution in [0.1, 0.15) is 37.2 Å². The van der Waals surface area contributed by atoms with Crippen LogP contribution in [0.3, 0.4) is 0 Å². The molecule has 1 aromatic rings. The maximum atomic E-state index is 12.1. The Balaban J connectivity index is 2.50. The summed E-state index contributed by atoms with van der Waals surface area (Å²) in [5, 5.41) is 0. The van der Waals surface area contributed by atoms with Crippen molar-refractivity contribution in [3.8, 4) is 11.5 Å². The Labute approximate surface area is 103 Å². The largest absolute Gasteiger partial charge is 0.453 e. The zero-order chi connectivity index (χ0) is 13.3. The highest BCUT2D eigenvalue weighted by Gasteiger charge is 2.49. The number of hydrogen-bond donors (Lipinski definition) is 0. The minimum Gasteiger partial charge on any atom is -0.453 e. The third kappa shape index (κ3) is 1.53. The summed E-state index contributed by atoms with van der Waals surface area (Å²) < 4.78 is 15.0. The van der Waals surface area contributed by atoms with E-state index in [1.807, 2.05) is 0 Å². The summed E-state index contributed by atoms with van der Waals surface area (Å²) in [5.74, 6) is -1.75. The lowest BCUT2D eigenvalue weighted by Gasteiger charge is -2.23. The second kappa shape index (κ2) is 4.29. The van der Waals surface area contributed by atoms with E-state index < -0.39 is 17.4 Å². The molecule has 2 rings (SSSR count). The minimum atomic E-state index is -1.33. The molecule has 0 unspecified atom stereocenters. The maximum Gasteiger partial charge on any atom is 0.329 e. The van der Waals surface area contributed by atoms with Crippen LogP contribution in [0, 0.1) is 5.41 Å². The predicted octanol–water partition coefficient (Wildman–Crippen LogP) is 1.72. The van der Waals surface area contributed by atoms with Gasteiger partial charge in [0.15, 0.2) is 11.7 Å². The molecule has 0 N–H and O–H groups in total. The lowest BCUT2D eigenvalue weighted by Crippen LogP contribution is -2.42. The quantitative estimate of drug-likeness (QED) is 0.462.